The van der Waals surface area contributed by atoms with Crippen molar-refractivity contribution in [1.29, 1.82) is 0 Å². The zero-order chi connectivity index (χ0) is 12.7. The molecule has 4 nitrogen and oxygen atoms in total. The van der Waals surface area contributed by atoms with Crippen molar-refractivity contribution in [1.82, 2.24) is 10.6 Å². The Morgan fingerprint density at radius 2 is 2.06 bits per heavy atom. The van der Waals surface area contributed by atoms with Gasteiger partial charge in [0.25, 0.3) is 5.91 Å². The maximum atomic E-state index is 11.9. The van der Waals surface area contributed by atoms with Crippen molar-refractivity contribution >= 4 is 18.3 Å². The van der Waals surface area contributed by atoms with Crippen LogP contribution in [-0.2, 0) is 0 Å². The fraction of sp³-hybridized carbons (Fsp3) is 0.462. The number of nitrogens with one attached hydrogen (secondary N) is 2. The maximum absolute atomic E-state index is 11.9. The molecule has 0 radical (unpaired) electrons. The maximum Gasteiger partial charge on any atom is 0.255 e. The van der Waals surface area contributed by atoms with Gasteiger partial charge < -0.3 is 15.4 Å². The molecule has 1 atom stereocenters. The van der Waals surface area contributed by atoms with Crippen LogP contribution in [0.5, 0.6) is 5.75 Å². The van der Waals surface area contributed by atoms with E-state index in [1.165, 1.54) is 0 Å². The second-order valence-corrected chi connectivity index (χ2v) is 3.87. The molecule has 1 rings (SSSR count). The SMILES string of the molecule is CCN[C@H](C)CNC(=O)c1ccccc1OC.Cl. The van der Waals surface area contributed by atoms with Crippen LogP contribution in [0.4, 0.5) is 0 Å². The molecular formula is C13H21ClN2O2. The van der Waals surface area contributed by atoms with Gasteiger partial charge in [0.15, 0.2) is 0 Å². The van der Waals surface area contributed by atoms with Crippen LogP contribution in [0.1, 0.15) is 24.2 Å². The fourth-order valence-corrected chi connectivity index (χ4v) is 1.59. The van der Waals surface area contributed by atoms with Gasteiger partial charge in [-0.25, -0.2) is 0 Å². The molecule has 0 spiro atoms. The van der Waals surface area contributed by atoms with Gasteiger partial charge >= 0.3 is 0 Å². The molecule has 18 heavy (non-hydrogen) atoms. The van der Waals surface area contributed by atoms with Crippen molar-refractivity contribution in [3.63, 3.8) is 0 Å². The first kappa shape index (κ1) is 16.7. The molecule has 0 saturated heterocycles. The number of ether oxygens (including phenoxy) is 1. The van der Waals surface area contributed by atoms with Gasteiger partial charge in [0.1, 0.15) is 5.75 Å². The first-order chi connectivity index (χ1) is 8.19. The minimum Gasteiger partial charge on any atom is -0.496 e. The van der Waals surface area contributed by atoms with Gasteiger partial charge in [0.05, 0.1) is 12.7 Å². The summed E-state index contributed by atoms with van der Waals surface area (Å²) in [6.45, 7) is 5.57. The van der Waals surface area contributed by atoms with E-state index in [0.29, 0.717) is 17.9 Å². The minimum absolute atomic E-state index is 0. The normalized spacial score (nSPS) is 11.3. The number of methoxy groups -OCH3 is 1. The van der Waals surface area contributed by atoms with Gasteiger partial charge in [-0.1, -0.05) is 19.1 Å². The van der Waals surface area contributed by atoms with Crippen molar-refractivity contribution in [3.05, 3.63) is 29.8 Å². The molecule has 0 aliphatic carbocycles. The zero-order valence-electron chi connectivity index (χ0n) is 11.0. The number of rotatable bonds is 6. The highest BCUT2D eigenvalue weighted by atomic mass is 35.5. The first-order valence-electron chi connectivity index (χ1n) is 5.83. The Kier molecular flexibility index (Phi) is 8.16. The van der Waals surface area contributed by atoms with Crippen LogP contribution in [0.15, 0.2) is 24.3 Å². The topological polar surface area (TPSA) is 50.4 Å². The predicted molar refractivity (Wildman–Crippen MR) is 75.7 cm³/mol. The van der Waals surface area contributed by atoms with E-state index in [4.69, 9.17) is 4.74 Å². The van der Waals surface area contributed by atoms with Gasteiger partial charge in [-0.2, -0.15) is 0 Å². The van der Waals surface area contributed by atoms with Crippen LogP contribution in [0.3, 0.4) is 0 Å². The van der Waals surface area contributed by atoms with Crippen LogP contribution < -0.4 is 15.4 Å². The third-order valence-corrected chi connectivity index (χ3v) is 2.47. The van der Waals surface area contributed by atoms with Gasteiger partial charge in [0.2, 0.25) is 0 Å². The van der Waals surface area contributed by atoms with Crippen molar-refractivity contribution < 1.29 is 9.53 Å². The molecule has 0 aliphatic heterocycles. The lowest BCUT2D eigenvalue weighted by atomic mass is 10.2. The van der Waals surface area contributed by atoms with E-state index in [2.05, 4.69) is 10.6 Å². The van der Waals surface area contributed by atoms with Crippen LogP contribution in [0.2, 0.25) is 0 Å². The molecule has 5 heteroatoms. The predicted octanol–water partition coefficient (Wildman–Crippen LogP) is 1.84. The second kappa shape index (κ2) is 8.78. The Bertz CT molecular complexity index is 372. The van der Waals surface area contributed by atoms with Crippen molar-refractivity contribution in [2.45, 2.75) is 19.9 Å². The lowest BCUT2D eigenvalue weighted by Crippen LogP contribution is -2.38. The Balaban J connectivity index is 0.00000289. The van der Waals surface area contributed by atoms with Gasteiger partial charge in [-0.05, 0) is 25.6 Å². The number of amides is 1. The van der Waals surface area contributed by atoms with E-state index < -0.39 is 0 Å². The second-order valence-electron chi connectivity index (χ2n) is 3.87. The summed E-state index contributed by atoms with van der Waals surface area (Å²) in [5.41, 5.74) is 0.568. The summed E-state index contributed by atoms with van der Waals surface area (Å²) in [5.74, 6) is 0.494. The zero-order valence-corrected chi connectivity index (χ0v) is 11.8. The Labute approximate surface area is 115 Å². The summed E-state index contributed by atoms with van der Waals surface area (Å²) in [5, 5.41) is 6.11. The summed E-state index contributed by atoms with van der Waals surface area (Å²) in [4.78, 5) is 11.9. The van der Waals surface area contributed by atoms with Crippen molar-refractivity contribution in [3.8, 4) is 5.75 Å². The highest BCUT2D eigenvalue weighted by molar-refractivity contribution is 5.96. The molecule has 1 aromatic carbocycles. The molecule has 102 valence electrons. The lowest BCUT2D eigenvalue weighted by Gasteiger charge is -2.14. The number of para-hydroxylation sites is 1. The summed E-state index contributed by atoms with van der Waals surface area (Å²) >= 11 is 0. The largest absolute Gasteiger partial charge is 0.496 e. The number of hydrogen-bond acceptors (Lipinski definition) is 3. The average molecular weight is 273 g/mol. The van der Waals surface area contributed by atoms with E-state index in [1.807, 2.05) is 26.0 Å². The Morgan fingerprint density at radius 3 is 2.67 bits per heavy atom. The van der Waals surface area contributed by atoms with E-state index in [1.54, 1.807) is 19.2 Å². The number of halogens is 1. The molecule has 0 heterocycles. The number of benzene rings is 1. The van der Waals surface area contributed by atoms with Gasteiger partial charge in [0, 0.05) is 12.6 Å². The standard InChI is InChI=1S/C13H20N2O2.ClH/c1-4-14-10(2)9-15-13(16)11-7-5-6-8-12(11)17-3;/h5-8,10,14H,4,9H2,1-3H3,(H,15,16);1H/t10-;/m1./s1. The monoisotopic (exact) mass is 272 g/mol. The summed E-state index contributed by atoms with van der Waals surface area (Å²) < 4.78 is 5.14. The molecule has 0 fully saturated rings. The Hall–Kier alpha value is -1.26. The highest BCUT2D eigenvalue weighted by Crippen LogP contribution is 2.16. The molecule has 1 amide bonds. The number of hydrogen-bond donors (Lipinski definition) is 2. The van der Waals surface area contributed by atoms with Crippen molar-refractivity contribution in [2.24, 2.45) is 0 Å². The lowest BCUT2D eigenvalue weighted by molar-refractivity contribution is 0.0947. The first-order valence-corrected chi connectivity index (χ1v) is 5.83. The molecule has 0 aliphatic rings. The molecule has 0 bridgehead atoms. The minimum atomic E-state index is -0.104. The van der Waals surface area contributed by atoms with E-state index >= 15 is 0 Å². The fourth-order valence-electron chi connectivity index (χ4n) is 1.59. The van der Waals surface area contributed by atoms with Gasteiger partial charge in [-0.3, -0.25) is 4.79 Å². The van der Waals surface area contributed by atoms with Crippen molar-refractivity contribution in [2.75, 3.05) is 20.2 Å². The molecule has 1 aromatic rings. The molecule has 0 unspecified atom stereocenters. The summed E-state index contributed by atoms with van der Waals surface area (Å²) in [7, 11) is 1.56. The van der Waals surface area contributed by atoms with E-state index in [-0.39, 0.29) is 24.4 Å². The quantitative estimate of drug-likeness (QED) is 0.831. The smallest absolute Gasteiger partial charge is 0.255 e. The third-order valence-electron chi connectivity index (χ3n) is 2.47. The van der Waals surface area contributed by atoms with Crippen LogP contribution in [0, 0.1) is 0 Å². The average Bonchev–Trinajstić information content (AvgIpc) is 2.36. The van der Waals surface area contributed by atoms with Crippen LogP contribution in [0.25, 0.3) is 0 Å². The molecule has 0 saturated carbocycles. The molecule has 0 aromatic heterocycles. The van der Waals surface area contributed by atoms with Gasteiger partial charge in [-0.15, -0.1) is 12.4 Å². The number of likely N-dealkylation sites (N-methyl/N-ethyl adjacent to an activating group) is 1. The number of carbonyl (C=O) groups excluding carboxylic acids is 1. The summed E-state index contributed by atoms with van der Waals surface area (Å²) in [6, 6.07) is 7.47. The van der Waals surface area contributed by atoms with E-state index in [9.17, 15) is 4.79 Å². The summed E-state index contributed by atoms with van der Waals surface area (Å²) in [6.07, 6.45) is 0. The Morgan fingerprint density at radius 1 is 1.39 bits per heavy atom. The number of carbonyl (C=O) groups is 1. The van der Waals surface area contributed by atoms with E-state index in [0.717, 1.165) is 6.54 Å². The van der Waals surface area contributed by atoms with Crippen LogP contribution >= 0.6 is 12.4 Å². The molecule has 2 N–H and O–H groups in total. The van der Waals surface area contributed by atoms with Crippen LogP contribution in [-0.4, -0.2) is 32.1 Å². The third kappa shape index (κ3) is 4.94. The highest BCUT2D eigenvalue weighted by Gasteiger charge is 2.11. The molecular weight excluding hydrogens is 252 g/mol.